The standard InChI is InChI=1S/C13H13N3O2S.C10H11NO2.C3H4N2O/c1-7-9(11(14)17)12(15)19-10(7)13(18)16-8-5-3-2-4-6-8;1-8(12)7-10(13)11-9-5-3-2-4-6-9;4-2-1-3(5)6/h2-6H,15H2,1H3,(H2,14,17)(H,16,18);2-6H,7H2,1H3,(H,11,13);1H2,(H2,5,6). The molecular weight excluding hydrogens is 508 g/mol. The lowest BCUT2D eigenvalue weighted by Crippen LogP contribution is -2.15. The third-order valence-electron chi connectivity index (χ3n) is 4.38. The number of Topliss-reactive ketones (excluding diaryl/α,β-unsaturated/α-hetero) is 1. The number of hydrogen-bond acceptors (Lipinski definition) is 8. The van der Waals surface area contributed by atoms with Crippen LogP contribution in [0.3, 0.4) is 0 Å². The van der Waals surface area contributed by atoms with Crippen molar-refractivity contribution in [3.63, 3.8) is 0 Å². The van der Waals surface area contributed by atoms with E-state index in [0.717, 1.165) is 11.3 Å². The fourth-order valence-electron chi connectivity index (χ4n) is 2.80. The number of amides is 4. The molecule has 198 valence electrons. The molecule has 8 N–H and O–H groups in total. The van der Waals surface area contributed by atoms with Gasteiger partial charge in [-0.1, -0.05) is 36.4 Å². The third kappa shape index (κ3) is 11.1. The van der Waals surface area contributed by atoms with E-state index in [4.69, 9.17) is 16.7 Å². The van der Waals surface area contributed by atoms with Crippen LogP contribution in [0.5, 0.6) is 0 Å². The molecule has 0 aliphatic rings. The molecule has 1 aromatic heterocycles. The Balaban J connectivity index is 0.000000328. The van der Waals surface area contributed by atoms with Gasteiger partial charge in [0, 0.05) is 11.4 Å². The molecule has 12 heteroatoms. The molecule has 2 aromatic carbocycles. The Labute approximate surface area is 223 Å². The minimum Gasteiger partial charge on any atom is -0.390 e. The van der Waals surface area contributed by atoms with Crippen molar-refractivity contribution in [3.8, 4) is 6.07 Å². The molecule has 38 heavy (non-hydrogen) atoms. The molecule has 0 spiro atoms. The van der Waals surface area contributed by atoms with Gasteiger partial charge in [0.25, 0.3) is 11.8 Å². The van der Waals surface area contributed by atoms with Gasteiger partial charge in [0.15, 0.2) is 0 Å². The molecule has 4 amide bonds. The summed E-state index contributed by atoms with van der Waals surface area (Å²) in [6, 6.07) is 19.7. The highest BCUT2D eigenvalue weighted by Crippen LogP contribution is 2.30. The predicted molar refractivity (Wildman–Crippen MR) is 146 cm³/mol. The van der Waals surface area contributed by atoms with Crippen LogP contribution in [0.1, 0.15) is 45.4 Å². The number of anilines is 3. The molecule has 3 aromatic rings. The Morgan fingerprint density at radius 2 is 1.39 bits per heavy atom. The number of nitrogens with one attached hydrogen (secondary N) is 2. The minimum atomic E-state index is -0.620. The maximum Gasteiger partial charge on any atom is 0.266 e. The minimum absolute atomic E-state index is 0.0606. The molecule has 1 heterocycles. The number of nitrogens with zero attached hydrogens (tertiary/aromatic N) is 1. The summed E-state index contributed by atoms with van der Waals surface area (Å²) in [5.74, 6) is -1.89. The average Bonchev–Trinajstić information content (AvgIpc) is 3.14. The van der Waals surface area contributed by atoms with Crippen molar-refractivity contribution >= 4 is 57.1 Å². The van der Waals surface area contributed by atoms with Crippen LogP contribution in [0, 0.1) is 18.3 Å². The highest BCUT2D eigenvalue weighted by atomic mass is 32.1. The first kappa shape index (κ1) is 31.0. The van der Waals surface area contributed by atoms with E-state index in [0.29, 0.717) is 21.8 Å². The number of nitrogen functional groups attached to an aromatic ring is 1. The van der Waals surface area contributed by atoms with Gasteiger partial charge >= 0.3 is 0 Å². The van der Waals surface area contributed by atoms with Crippen LogP contribution in [-0.2, 0) is 14.4 Å². The summed E-state index contributed by atoms with van der Waals surface area (Å²) >= 11 is 1.06. The lowest BCUT2D eigenvalue weighted by Gasteiger charge is -2.04. The van der Waals surface area contributed by atoms with Gasteiger partial charge in [-0.3, -0.25) is 24.0 Å². The number of hydrogen-bond donors (Lipinski definition) is 5. The van der Waals surface area contributed by atoms with E-state index >= 15 is 0 Å². The monoisotopic (exact) mass is 536 g/mol. The number of carbonyl (C=O) groups excluding carboxylic acids is 5. The number of carbonyl (C=O) groups is 5. The molecule has 0 radical (unpaired) electrons. The van der Waals surface area contributed by atoms with Crippen LogP contribution in [-0.4, -0.2) is 29.4 Å². The van der Waals surface area contributed by atoms with Crippen molar-refractivity contribution in [1.82, 2.24) is 0 Å². The number of thiophene rings is 1. The van der Waals surface area contributed by atoms with E-state index in [1.165, 1.54) is 6.92 Å². The average molecular weight is 537 g/mol. The lowest BCUT2D eigenvalue weighted by atomic mass is 10.1. The summed E-state index contributed by atoms with van der Waals surface area (Å²) < 4.78 is 0. The van der Waals surface area contributed by atoms with Gasteiger partial charge in [-0.15, -0.1) is 11.3 Å². The van der Waals surface area contributed by atoms with Crippen molar-refractivity contribution in [1.29, 1.82) is 5.26 Å². The third-order valence-corrected chi connectivity index (χ3v) is 5.50. The van der Waals surface area contributed by atoms with Crippen molar-refractivity contribution in [2.45, 2.75) is 26.7 Å². The summed E-state index contributed by atoms with van der Waals surface area (Å²) in [5.41, 5.74) is 17.6. The molecule has 0 saturated heterocycles. The number of ketones is 1. The number of nitriles is 1. The van der Waals surface area contributed by atoms with Crippen LogP contribution >= 0.6 is 11.3 Å². The lowest BCUT2D eigenvalue weighted by molar-refractivity contribution is -0.124. The predicted octanol–water partition coefficient (Wildman–Crippen LogP) is 2.98. The van der Waals surface area contributed by atoms with E-state index in [9.17, 15) is 24.0 Å². The van der Waals surface area contributed by atoms with Crippen molar-refractivity contribution in [3.05, 3.63) is 76.7 Å². The highest BCUT2D eigenvalue weighted by Gasteiger charge is 2.21. The highest BCUT2D eigenvalue weighted by molar-refractivity contribution is 7.18. The van der Waals surface area contributed by atoms with Gasteiger partial charge in [-0.05, 0) is 43.7 Å². The Hall–Kier alpha value is -5.02. The number of para-hydroxylation sites is 2. The fourth-order valence-corrected chi connectivity index (χ4v) is 3.77. The zero-order valence-corrected chi connectivity index (χ0v) is 21.6. The maximum absolute atomic E-state index is 12.1. The molecule has 0 bridgehead atoms. The van der Waals surface area contributed by atoms with Crippen molar-refractivity contribution < 1.29 is 24.0 Å². The van der Waals surface area contributed by atoms with E-state index in [2.05, 4.69) is 16.4 Å². The summed E-state index contributed by atoms with van der Waals surface area (Å²) in [6.07, 6.45) is -0.241. The SMILES string of the molecule is CC(=O)CC(=O)Nc1ccccc1.Cc1c(C(=O)Nc2ccccc2)sc(N)c1C(N)=O.N#CCC(N)=O. The Kier molecular flexibility index (Phi) is 12.9. The molecule has 0 unspecified atom stereocenters. The van der Waals surface area contributed by atoms with Crippen LogP contribution in [0.25, 0.3) is 0 Å². The topological polar surface area (TPSA) is 211 Å². The Morgan fingerprint density at radius 1 is 0.895 bits per heavy atom. The Morgan fingerprint density at radius 3 is 1.76 bits per heavy atom. The Bertz CT molecular complexity index is 1320. The number of rotatable bonds is 7. The van der Waals surface area contributed by atoms with Crippen LogP contribution in [0.2, 0.25) is 0 Å². The maximum atomic E-state index is 12.1. The molecule has 0 atom stereocenters. The van der Waals surface area contributed by atoms with E-state index in [1.807, 2.05) is 36.4 Å². The van der Waals surface area contributed by atoms with Gasteiger partial charge in [0.05, 0.1) is 27.9 Å². The molecule has 11 nitrogen and oxygen atoms in total. The second-order valence-electron chi connectivity index (χ2n) is 7.57. The van der Waals surface area contributed by atoms with Crippen molar-refractivity contribution in [2.75, 3.05) is 16.4 Å². The van der Waals surface area contributed by atoms with Gasteiger partial charge in [0.1, 0.15) is 12.2 Å². The molecular formula is C26H28N6O5S. The fraction of sp³-hybridized carbons (Fsp3) is 0.154. The van der Waals surface area contributed by atoms with Crippen LogP contribution in [0.4, 0.5) is 16.4 Å². The van der Waals surface area contributed by atoms with Gasteiger partial charge in [0.2, 0.25) is 11.8 Å². The first-order valence-electron chi connectivity index (χ1n) is 11.0. The second-order valence-corrected chi connectivity index (χ2v) is 8.63. The molecule has 0 aliphatic heterocycles. The zero-order chi connectivity index (χ0) is 28.7. The molecule has 3 rings (SSSR count). The van der Waals surface area contributed by atoms with Crippen molar-refractivity contribution in [2.24, 2.45) is 11.5 Å². The summed E-state index contributed by atoms with van der Waals surface area (Å²) in [4.78, 5) is 55.0. The summed E-state index contributed by atoms with van der Waals surface area (Å²) in [6.45, 7) is 3.05. The van der Waals surface area contributed by atoms with Gasteiger partial charge in [-0.25, -0.2) is 0 Å². The first-order chi connectivity index (χ1) is 18.0. The molecule has 0 aliphatic carbocycles. The van der Waals surface area contributed by atoms with Gasteiger partial charge in [-0.2, -0.15) is 5.26 Å². The molecule has 0 fully saturated rings. The van der Waals surface area contributed by atoms with Crippen LogP contribution < -0.4 is 27.8 Å². The normalized spacial score (nSPS) is 9.29. The number of benzene rings is 2. The number of nitrogens with two attached hydrogens (primary N) is 3. The zero-order valence-electron chi connectivity index (χ0n) is 20.8. The molecule has 0 saturated carbocycles. The summed E-state index contributed by atoms with van der Waals surface area (Å²) in [5, 5.41) is 13.3. The van der Waals surface area contributed by atoms with Gasteiger partial charge < -0.3 is 27.8 Å². The smallest absolute Gasteiger partial charge is 0.266 e. The second kappa shape index (κ2) is 15.9. The van der Waals surface area contributed by atoms with E-state index in [-0.39, 0.29) is 41.0 Å². The largest absolute Gasteiger partial charge is 0.390 e. The summed E-state index contributed by atoms with van der Waals surface area (Å²) in [7, 11) is 0. The van der Waals surface area contributed by atoms with Crippen LogP contribution in [0.15, 0.2) is 60.7 Å². The van der Waals surface area contributed by atoms with E-state index in [1.54, 1.807) is 37.3 Å². The first-order valence-corrected chi connectivity index (χ1v) is 11.8. The number of primary amides is 2. The van der Waals surface area contributed by atoms with E-state index < -0.39 is 11.8 Å². The quantitative estimate of drug-likeness (QED) is 0.284.